The summed E-state index contributed by atoms with van der Waals surface area (Å²) in [5.41, 5.74) is 2.95. The number of aliphatic carboxylic acids is 1. The van der Waals surface area contributed by atoms with Gasteiger partial charge in [0.2, 0.25) is 6.17 Å². The Balaban J connectivity index is 3.13. The third-order valence-electron chi connectivity index (χ3n) is 2.71. The van der Waals surface area contributed by atoms with Gasteiger partial charge in [0, 0.05) is 0 Å². The van der Waals surface area contributed by atoms with Crippen LogP contribution in [0, 0.1) is 20.8 Å². The SMILES string of the molecule is Cc1cc(C)c(C(O)C(F)C(=O)O)cc1C. The van der Waals surface area contributed by atoms with E-state index >= 15 is 0 Å². The van der Waals surface area contributed by atoms with Gasteiger partial charge in [-0.3, -0.25) is 0 Å². The molecule has 3 nitrogen and oxygen atoms in total. The molecular formula is C12H15FO3. The first-order chi connectivity index (χ1) is 7.34. The van der Waals surface area contributed by atoms with Crippen molar-refractivity contribution in [1.29, 1.82) is 0 Å². The summed E-state index contributed by atoms with van der Waals surface area (Å²) in [5, 5.41) is 18.1. The maximum Gasteiger partial charge on any atom is 0.341 e. The van der Waals surface area contributed by atoms with E-state index in [0.717, 1.165) is 11.1 Å². The molecule has 0 spiro atoms. The van der Waals surface area contributed by atoms with Crippen LogP contribution >= 0.6 is 0 Å². The lowest BCUT2D eigenvalue weighted by Gasteiger charge is -2.16. The molecule has 1 aromatic carbocycles. The van der Waals surface area contributed by atoms with Crippen molar-refractivity contribution in [2.75, 3.05) is 0 Å². The first kappa shape index (κ1) is 12.6. The van der Waals surface area contributed by atoms with Crippen LogP contribution in [0.25, 0.3) is 0 Å². The highest BCUT2D eigenvalue weighted by Crippen LogP contribution is 2.25. The predicted molar refractivity (Wildman–Crippen MR) is 58.1 cm³/mol. The highest BCUT2D eigenvalue weighted by molar-refractivity contribution is 5.73. The second-order valence-electron chi connectivity index (χ2n) is 3.98. The summed E-state index contributed by atoms with van der Waals surface area (Å²) in [4.78, 5) is 10.4. The molecule has 16 heavy (non-hydrogen) atoms. The van der Waals surface area contributed by atoms with Gasteiger partial charge in [0.05, 0.1) is 0 Å². The minimum Gasteiger partial charge on any atom is -0.479 e. The zero-order valence-corrected chi connectivity index (χ0v) is 9.49. The second kappa shape index (κ2) is 4.61. The number of hydrogen-bond acceptors (Lipinski definition) is 2. The molecule has 2 atom stereocenters. The molecule has 0 heterocycles. The lowest BCUT2D eigenvalue weighted by atomic mass is 9.95. The van der Waals surface area contributed by atoms with E-state index < -0.39 is 18.2 Å². The minimum atomic E-state index is -2.29. The van der Waals surface area contributed by atoms with Crippen molar-refractivity contribution in [3.8, 4) is 0 Å². The summed E-state index contributed by atoms with van der Waals surface area (Å²) in [7, 11) is 0. The van der Waals surface area contributed by atoms with E-state index in [1.54, 1.807) is 13.0 Å². The van der Waals surface area contributed by atoms with E-state index in [9.17, 15) is 14.3 Å². The predicted octanol–water partition coefficient (Wildman–Crippen LogP) is 2.07. The maximum absolute atomic E-state index is 13.2. The van der Waals surface area contributed by atoms with Crippen LogP contribution in [0.2, 0.25) is 0 Å². The van der Waals surface area contributed by atoms with Crippen molar-refractivity contribution in [3.63, 3.8) is 0 Å². The number of alkyl halides is 1. The van der Waals surface area contributed by atoms with Crippen LogP contribution in [0.1, 0.15) is 28.4 Å². The van der Waals surface area contributed by atoms with Gasteiger partial charge in [0.15, 0.2) is 0 Å². The quantitative estimate of drug-likeness (QED) is 0.829. The Labute approximate surface area is 93.5 Å². The molecule has 0 aliphatic heterocycles. The van der Waals surface area contributed by atoms with E-state index in [1.165, 1.54) is 0 Å². The highest BCUT2D eigenvalue weighted by atomic mass is 19.1. The number of aliphatic hydroxyl groups is 1. The molecule has 0 saturated heterocycles. The van der Waals surface area contributed by atoms with Crippen molar-refractivity contribution < 1.29 is 19.4 Å². The van der Waals surface area contributed by atoms with Gasteiger partial charge >= 0.3 is 5.97 Å². The molecule has 0 amide bonds. The van der Waals surface area contributed by atoms with Gasteiger partial charge in [-0.2, -0.15) is 0 Å². The smallest absolute Gasteiger partial charge is 0.341 e. The standard InChI is InChI=1S/C12H15FO3/c1-6-4-8(3)9(5-7(6)2)11(14)10(13)12(15)16/h4-5,10-11,14H,1-3H3,(H,15,16). The molecule has 2 unspecified atom stereocenters. The fourth-order valence-electron chi connectivity index (χ4n) is 1.59. The summed E-state index contributed by atoms with van der Waals surface area (Å²) >= 11 is 0. The molecular weight excluding hydrogens is 211 g/mol. The summed E-state index contributed by atoms with van der Waals surface area (Å²) in [6, 6.07) is 3.44. The van der Waals surface area contributed by atoms with Crippen molar-refractivity contribution in [1.82, 2.24) is 0 Å². The number of carbonyl (C=O) groups is 1. The minimum absolute atomic E-state index is 0.331. The number of aryl methyl sites for hydroxylation is 3. The normalized spacial score (nSPS) is 14.6. The second-order valence-corrected chi connectivity index (χ2v) is 3.98. The van der Waals surface area contributed by atoms with Gasteiger partial charge in [-0.25, -0.2) is 9.18 Å². The molecule has 1 aromatic rings. The summed E-state index contributed by atoms with van der Waals surface area (Å²) in [5.74, 6) is -1.65. The fourth-order valence-corrected chi connectivity index (χ4v) is 1.59. The number of carboxylic acid groups (broad SMARTS) is 1. The lowest BCUT2D eigenvalue weighted by molar-refractivity contribution is -0.147. The Morgan fingerprint density at radius 2 is 1.69 bits per heavy atom. The van der Waals surface area contributed by atoms with E-state index in [1.807, 2.05) is 19.9 Å². The number of carboxylic acids is 1. The summed E-state index contributed by atoms with van der Waals surface area (Å²) in [6.07, 6.45) is -3.90. The Morgan fingerprint density at radius 3 is 2.19 bits per heavy atom. The molecule has 0 aliphatic carbocycles. The van der Waals surface area contributed by atoms with E-state index in [0.29, 0.717) is 11.1 Å². The van der Waals surface area contributed by atoms with Crippen molar-refractivity contribution in [2.45, 2.75) is 33.0 Å². The molecule has 0 saturated carbocycles. The van der Waals surface area contributed by atoms with Crippen LogP contribution in [-0.2, 0) is 4.79 Å². The van der Waals surface area contributed by atoms with Crippen LogP contribution in [0.15, 0.2) is 12.1 Å². The third kappa shape index (κ3) is 2.39. The molecule has 0 aliphatic rings. The van der Waals surface area contributed by atoms with Crippen molar-refractivity contribution >= 4 is 5.97 Å². The summed E-state index contributed by atoms with van der Waals surface area (Å²) < 4.78 is 13.2. The van der Waals surface area contributed by atoms with Gasteiger partial charge < -0.3 is 10.2 Å². The summed E-state index contributed by atoms with van der Waals surface area (Å²) in [6.45, 7) is 5.46. The number of rotatable bonds is 3. The van der Waals surface area contributed by atoms with Gasteiger partial charge in [-0.1, -0.05) is 12.1 Å². The molecule has 0 radical (unpaired) electrons. The molecule has 1 rings (SSSR count). The van der Waals surface area contributed by atoms with E-state index in [-0.39, 0.29) is 0 Å². The fraction of sp³-hybridized carbons (Fsp3) is 0.417. The van der Waals surface area contributed by atoms with Gasteiger partial charge in [0.25, 0.3) is 0 Å². The first-order valence-corrected chi connectivity index (χ1v) is 4.97. The van der Waals surface area contributed by atoms with Crippen molar-refractivity contribution in [2.24, 2.45) is 0 Å². The lowest BCUT2D eigenvalue weighted by Crippen LogP contribution is -2.24. The highest BCUT2D eigenvalue weighted by Gasteiger charge is 2.28. The Morgan fingerprint density at radius 1 is 1.19 bits per heavy atom. The zero-order valence-electron chi connectivity index (χ0n) is 9.49. The number of halogens is 1. The van der Waals surface area contributed by atoms with Crippen LogP contribution in [0.4, 0.5) is 4.39 Å². The van der Waals surface area contributed by atoms with E-state index in [4.69, 9.17) is 5.11 Å². The van der Waals surface area contributed by atoms with E-state index in [2.05, 4.69) is 0 Å². The molecule has 0 fully saturated rings. The third-order valence-corrected chi connectivity index (χ3v) is 2.71. The molecule has 88 valence electrons. The molecule has 4 heteroatoms. The number of benzene rings is 1. The molecule has 0 bridgehead atoms. The number of aliphatic hydroxyl groups excluding tert-OH is 1. The van der Waals surface area contributed by atoms with Crippen LogP contribution < -0.4 is 0 Å². The zero-order chi connectivity index (χ0) is 12.5. The maximum atomic E-state index is 13.2. The molecule has 2 N–H and O–H groups in total. The Bertz CT molecular complexity index is 415. The largest absolute Gasteiger partial charge is 0.479 e. The van der Waals surface area contributed by atoms with Crippen molar-refractivity contribution in [3.05, 3.63) is 34.4 Å². The topological polar surface area (TPSA) is 57.5 Å². The Kier molecular flexibility index (Phi) is 3.65. The Hall–Kier alpha value is -1.42. The van der Waals surface area contributed by atoms with Crippen LogP contribution in [0.3, 0.4) is 0 Å². The average molecular weight is 226 g/mol. The number of hydrogen-bond donors (Lipinski definition) is 2. The van der Waals surface area contributed by atoms with Gasteiger partial charge in [0.1, 0.15) is 6.10 Å². The van der Waals surface area contributed by atoms with Gasteiger partial charge in [-0.05, 0) is 43.0 Å². The van der Waals surface area contributed by atoms with Crippen LogP contribution in [-0.4, -0.2) is 22.4 Å². The first-order valence-electron chi connectivity index (χ1n) is 4.97. The monoisotopic (exact) mass is 226 g/mol. The average Bonchev–Trinajstić information content (AvgIpc) is 2.21. The molecule has 0 aromatic heterocycles. The van der Waals surface area contributed by atoms with Crippen LogP contribution in [0.5, 0.6) is 0 Å². The van der Waals surface area contributed by atoms with Gasteiger partial charge in [-0.15, -0.1) is 0 Å².